The lowest BCUT2D eigenvalue weighted by atomic mass is 9.90. The van der Waals surface area contributed by atoms with Crippen molar-refractivity contribution in [1.29, 1.82) is 0 Å². The maximum Gasteiger partial charge on any atom is 0.251 e. The molecule has 14 atom stereocenters. The number of nitrogens with one attached hydrogen (secondary N) is 3. The first kappa shape index (κ1) is 82.1. The Bertz CT molecular complexity index is 2850. The average molecular weight is 1340 g/mol. The Morgan fingerprint density at radius 1 is 0.516 bits per heavy atom. The number of aliphatic hydroxyl groups is 1. The molecule has 4 unspecified atom stereocenters. The number of hydrogen-bond donors (Lipinski definition) is 4. The molecule has 25 heteroatoms. The molecule has 0 spiro atoms. The van der Waals surface area contributed by atoms with Gasteiger partial charge in [-0.1, -0.05) is 114 Å². The SMILES string of the molecule is C/C=C/CC(C)C(O)[C@@H]1C(=O)N2C(c3ccc(OC)cc3)OC(C)[C@H]2C(=O)N(C)CC(=O)N(C)[C@@H](CC(C)C)C(=O)N[C@@H](C(C)C)C(=O)N(C)[C@@H](CC(C)C)C(=O)N[C@@H](C)C(=O)N[C@@H](C)C(=O)N(C)[C@@H](CC(C)C)C(=O)N(C)[C@@H](CC(C)C)C(=O)N(C)[C@@H](C(C)C)C(=O)N1C. The monoisotopic (exact) mass is 1340 g/mol. The normalized spacial score (nSPS) is 27.5. The van der Waals surface area contributed by atoms with Crippen molar-refractivity contribution in [3.05, 3.63) is 42.0 Å². The fourth-order valence-electron chi connectivity index (χ4n) is 12.5. The molecule has 0 saturated carbocycles. The van der Waals surface area contributed by atoms with Crippen LogP contribution in [0.25, 0.3) is 0 Å². The number of benzene rings is 1. The largest absolute Gasteiger partial charge is 0.497 e. The van der Waals surface area contributed by atoms with Crippen LogP contribution in [-0.2, 0) is 57.5 Å². The highest BCUT2D eigenvalue weighted by atomic mass is 16.5. The van der Waals surface area contributed by atoms with E-state index in [0.29, 0.717) is 11.3 Å². The van der Waals surface area contributed by atoms with Gasteiger partial charge in [-0.3, -0.25) is 57.6 Å². The van der Waals surface area contributed by atoms with Gasteiger partial charge in [0, 0.05) is 54.9 Å². The van der Waals surface area contributed by atoms with Gasteiger partial charge in [-0.05, 0) is 113 Å². The summed E-state index contributed by atoms with van der Waals surface area (Å²) in [7, 11) is 11.4. The number of rotatable bonds is 16. The number of ether oxygens (including phenoxy) is 2. The van der Waals surface area contributed by atoms with Crippen LogP contribution >= 0.6 is 0 Å². The van der Waals surface area contributed by atoms with Gasteiger partial charge in [0.15, 0.2) is 6.23 Å². The van der Waals surface area contributed by atoms with E-state index in [0.717, 1.165) is 9.80 Å². The van der Waals surface area contributed by atoms with Gasteiger partial charge in [-0.15, -0.1) is 0 Å². The lowest BCUT2D eigenvalue weighted by Gasteiger charge is -2.43. The van der Waals surface area contributed by atoms with Crippen LogP contribution in [0.5, 0.6) is 5.75 Å². The molecule has 2 aliphatic rings. The van der Waals surface area contributed by atoms with Gasteiger partial charge in [-0.25, -0.2) is 0 Å². The summed E-state index contributed by atoms with van der Waals surface area (Å²) in [6.45, 7) is 29.2. The van der Waals surface area contributed by atoms with Crippen molar-refractivity contribution in [3.63, 3.8) is 0 Å². The van der Waals surface area contributed by atoms with E-state index in [4.69, 9.17) is 9.47 Å². The molecule has 25 nitrogen and oxygen atoms in total. The summed E-state index contributed by atoms with van der Waals surface area (Å²) in [5.41, 5.74) is 0.399. The maximum absolute atomic E-state index is 16.2. The van der Waals surface area contributed by atoms with E-state index in [2.05, 4.69) is 16.0 Å². The van der Waals surface area contributed by atoms with Crippen LogP contribution in [0.15, 0.2) is 36.4 Å². The highest BCUT2D eigenvalue weighted by Crippen LogP contribution is 2.39. The third-order valence-electron chi connectivity index (χ3n) is 18.3. The van der Waals surface area contributed by atoms with E-state index in [-0.39, 0.29) is 55.8 Å². The molecular weight excluding hydrogens is 1220 g/mol. The first-order valence-corrected chi connectivity index (χ1v) is 33.8. The van der Waals surface area contributed by atoms with Crippen molar-refractivity contribution in [3.8, 4) is 5.75 Å². The second-order valence-electron chi connectivity index (χ2n) is 28.8. The highest BCUT2D eigenvalue weighted by molar-refractivity contribution is 6.00. The van der Waals surface area contributed by atoms with Crippen molar-refractivity contribution in [2.45, 2.75) is 229 Å². The minimum atomic E-state index is -1.75. The lowest BCUT2D eigenvalue weighted by Crippen LogP contribution is -2.64. The maximum atomic E-state index is 16.2. The van der Waals surface area contributed by atoms with Gasteiger partial charge in [-0.2, -0.15) is 0 Å². The second-order valence-corrected chi connectivity index (χ2v) is 28.8. The quantitative estimate of drug-likeness (QED) is 0.163. The molecule has 2 heterocycles. The third kappa shape index (κ3) is 20.9. The van der Waals surface area contributed by atoms with Gasteiger partial charge < -0.3 is 64.8 Å². The van der Waals surface area contributed by atoms with Crippen LogP contribution in [0.4, 0.5) is 0 Å². The molecule has 2 saturated heterocycles. The summed E-state index contributed by atoms with van der Waals surface area (Å²) in [5.74, 6) is -9.83. The number of fused-ring (bicyclic) bond motifs is 1. The Kier molecular flexibility index (Phi) is 31.3. The molecule has 1 aromatic carbocycles. The molecule has 2 fully saturated rings. The smallest absolute Gasteiger partial charge is 0.251 e. The van der Waals surface area contributed by atoms with Gasteiger partial charge in [0.2, 0.25) is 59.1 Å². The molecule has 95 heavy (non-hydrogen) atoms. The number of carbonyl (C=O) groups excluding carboxylic acids is 11. The summed E-state index contributed by atoms with van der Waals surface area (Å²) in [6.07, 6.45) is 0.354. The van der Waals surface area contributed by atoms with E-state index in [1.165, 1.54) is 99.7 Å². The number of hydrogen-bond acceptors (Lipinski definition) is 14. The van der Waals surface area contributed by atoms with Crippen LogP contribution in [0.3, 0.4) is 0 Å². The Morgan fingerprint density at radius 2 is 0.958 bits per heavy atom. The van der Waals surface area contributed by atoms with Crippen LogP contribution in [0.2, 0.25) is 0 Å². The van der Waals surface area contributed by atoms with Crippen molar-refractivity contribution in [1.82, 2.24) is 55.1 Å². The lowest BCUT2D eigenvalue weighted by molar-refractivity contribution is -0.162. The van der Waals surface area contributed by atoms with Crippen molar-refractivity contribution < 1.29 is 67.3 Å². The fourth-order valence-corrected chi connectivity index (χ4v) is 12.5. The molecule has 1 aromatic rings. The van der Waals surface area contributed by atoms with Crippen LogP contribution in [0, 0.1) is 41.4 Å². The van der Waals surface area contributed by atoms with Crippen molar-refractivity contribution in [2.24, 2.45) is 41.4 Å². The summed E-state index contributed by atoms with van der Waals surface area (Å²) < 4.78 is 12.1. The first-order valence-electron chi connectivity index (χ1n) is 33.8. The first-order chi connectivity index (χ1) is 44.1. The summed E-state index contributed by atoms with van der Waals surface area (Å²) in [5, 5.41) is 21.0. The van der Waals surface area contributed by atoms with Crippen LogP contribution in [0.1, 0.15) is 162 Å². The summed E-state index contributed by atoms with van der Waals surface area (Å²) >= 11 is 0. The number of amides is 11. The predicted molar refractivity (Wildman–Crippen MR) is 363 cm³/mol. The molecule has 0 aromatic heterocycles. The number of likely N-dealkylation sites (N-methyl/N-ethyl adjacent to an activating group) is 7. The molecule has 0 aliphatic carbocycles. The standard InChI is InChI=1S/C70H117N11O14/c1-26-27-28-44(14)59(83)58-69(93)81-57(47(17)95-70(81)48-29-31-49(94-25)32-30-48)67(91)74(18)37-54(82)75(19)50(33-38(2)3)62(86)73-55(42(10)11)66(90)76(20)51(34-39(4)5)61(85)71-45(15)60(84)72-46(16)63(87)77(21)52(35-40(6)7)64(88)78(22)53(36-41(8)9)65(89)79(23)56(43(12)13)68(92)80(58)24/h26-27,29-32,38-47,50-53,55-59,70,83H,28,33-37H2,1-25H3,(H,71,85)(H,72,84)(H,73,86)/b27-26+/t44?,45-,46-,47?,50-,51-,52-,53-,55-,56-,57-,58+,59?,70?/m0/s1. The Morgan fingerprint density at radius 3 is 1.43 bits per heavy atom. The second kappa shape index (κ2) is 36.3. The zero-order valence-electron chi connectivity index (χ0n) is 61.6. The Labute approximate surface area is 566 Å². The topological polar surface area (TPSA) is 288 Å². The number of aliphatic hydroxyl groups excluding tert-OH is 1. The zero-order valence-corrected chi connectivity index (χ0v) is 61.6. The number of methoxy groups -OCH3 is 1. The molecule has 11 amide bonds. The molecule has 0 bridgehead atoms. The van der Waals surface area contributed by atoms with Crippen LogP contribution < -0.4 is 20.7 Å². The molecule has 2 aliphatic heterocycles. The van der Waals surface area contributed by atoms with E-state index in [1.54, 1.807) is 78.8 Å². The minimum Gasteiger partial charge on any atom is -0.497 e. The van der Waals surface area contributed by atoms with Crippen molar-refractivity contribution >= 4 is 65.0 Å². The molecule has 536 valence electrons. The zero-order chi connectivity index (χ0) is 72.7. The molecule has 0 radical (unpaired) electrons. The van der Waals surface area contributed by atoms with Gasteiger partial charge >= 0.3 is 0 Å². The van der Waals surface area contributed by atoms with Gasteiger partial charge in [0.1, 0.15) is 66.2 Å². The minimum absolute atomic E-state index is 0.115. The van der Waals surface area contributed by atoms with E-state index < -0.39 is 168 Å². The number of allylic oxidation sites excluding steroid dienone is 2. The van der Waals surface area contributed by atoms with Crippen LogP contribution in [-0.4, -0.2) is 245 Å². The fraction of sp³-hybridized carbons (Fsp3) is 0.729. The van der Waals surface area contributed by atoms with Gasteiger partial charge in [0.05, 0.1) is 25.9 Å². The van der Waals surface area contributed by atoms with E-state index in [9.17, 15) is 33.9 Å². The highest BCUT2D eigenvalue weighted by Gasteiger charge is 2.54. The molecule has 3 rings (SSSR count). The Hall–Kier alpha value is -7.15. The van der Waals surface area contributed by atoms with E-state index in [1.807, 2.05) is 61.5 Å². The van der Waals surface area contributed by atoms with Crippen molar-refractivity contribution in [2.75, 3.05) is 63.0 Å². The number of carbonyl (C=O) groups is 11. The van der Waals surface area contributed by atoms with Gasteiger partial charge in [0.25, 0.3) is 5.91 Å². The number of nitrogens with zero attached hydrogens (tertiary/aromatic N) is 8. The Balaban J connectivity index is 2.47. The summed E-state index contributed by atoms with van der Waals surface area (Å²) in [6, 6.07) is -6.40. The third-order valence-corrected chi connectivity index (χ3v) is 18.3. The molecule has 4 N–H and O–H groups in total. The average Bonchev–Trinajstić information content (AvgIpc) is 1.68. The summed E-state index contributed by atoms with van der Waals surface area (Å²) in [4.78, 5) is 175. The van der Waals surface area contributed by atoms with E-state index >= 15 is 24.0 Å². The predicted octanol–water partition coefficient (Wildman–Crippen LogP) is 4.70. The molecular formula is C70H117N11O14.